The molecule has 0 spiro atoms. The molecule has 0 unspecified atom stereocenters. The van der Waals surface area contributed by atoms with E-state index in [0.29, 0.717) is 23.1 Å². The molecule has 3 aromatic rings. The van der Waals surface area contributed by atoms with Crippen LogP contribution in [0.3, 0.4) is 0 Å². The Morgan fingerprint density at radius 2 is 1.88 bits per heavy atom. The molecule has 26 heavy (non-hydrogen) atoms. The van der Waals surface area contributed by atoms with E-state index in [4.69, 9.17) is 11.6 Å². The molecule has 0 aliphatic rings. The van der Waals surface area contributed by atoms with E-state index in [-0.39, 0.29) is 5.91 Å². The van der Waals surface area contributed by atoms with Gasteiger partial charge in [-0.1, -0.05) is 48.0 Å². The first-order valence-corrected chi connectivity index (χ1v) is 8.55. The van der Waals surface area contributed by atoms with Crippen LogP contribution in [0.4, 0.5) is 11.5 Å². The van der Waals surface area contributed by atoms with Gasteiger partial charge in [0.2, 0.25) is 0 Å². The van der Waals surface area contributed by atoms with Gasteiger partial charge in [0.25, 0.3) is 5.91 Å². The first kappa shape index (κ1) is 17.9. The van der Waals surface area contributed by atoms with Gasteiger partial charge in [-0.05, 0) is 30.2 Å². The van der Waals surface area contributed by atoms with Gasteiger partial charge in [0.05, 0.1) is 12.4 Å². The van der Waals surface area contributed by atoms with Gasteiger partial charge in [0.1, 0.15) is 11.5 Å². The molecule has 132 valence electrons. The molecule has 6 heteroatoms. The van der Waals surface area contributed by atoms with Gasteiger partial charge in [-0.3, -0.25) is 4.79 Å². The van der Waals surface area contributed by atoms with Crippen molar-refractivity contribution in [1.29, 1.82) is 0 Å². The summed E-state index contributed by atoms with van der Waals surface area (Å²) < 4.78 is 0. The zero-order valence-corrected chi connectivity index (χ0v) is 15.4. The maximum atomic E-state index is 12.5. The number of rotatable bonds is 5. The molecule has 1 amide bonds. The third-order valence-electron chi connectivity index (χ3n) is 3.94. The van der Waals surface area contributed by atoms with Crippen molar-refractivity contribution in [2.24, 2.45) is 0 Å². The molecule has 5 nitrogen and oxygen atoms in total. The van der Waals surface area contributed by atoms with Crippen molar-refractivity contribution in [3.8, 4) is 0 Å². The largest absolute Gasteiger partial charge is 0.339 e. The van der Waals surface area contributed by atoms with Crippen molar-refractivity contribution in [3.63, 3.8) is 0 Å². The fourth-order valence-electron chi connectivity index (χ4n) is 2.49. The third-order valence-corrected chi connectivity index (χ3v) is 4.18. The number of hydrogen-bond donors (Lipinski definition) is 1. The summed E-state index contributed by atoms with van der Waals surface area (Å²) >= 11 is 6.02. The summed E-state index contributed by atoms with van der Waals surface area (Å²) in [5, 5.41) is 3.80. The number of aromatic nitrogens is 2. The standard InChI is InChI=1S/C20H19ClN4O/c1-14-8-9-16(21)10-17(14)24-19-12-22-18(11-23-19)20(26)25(2)13-15-6-4-3-5-7-15/h3-12H,13H2,1-2H3,(H,23,24). The van der Waals surface area contributed by atoms with Gasteiger partial charge in [-0.15, -0.1) is 0 Å². The predicted molar refractivity (Wildman–Crippen MR) is 104 cm³/mol. The van der Waals surface area contributed by atoms with Gasteiger partial charge >= 0.3 is 0 Å². The van der Waals surface area contributed by atoms with E-state index in [1.54, 1.807) is 18.1 Å². The second kappa shape index (κ2) is 7.97. The number of anilines is 2. The average molecular weight is 367 g/mol. The SMILES string of the molecule is Cc1ccc(Cl)cc1Nc1cnc(C(=O)N(C)Cc2ccccc2)cn1. The lowest BCUT2D eigenvalue weighted by Crippen LogP contribution is -2.27. The average Bonchev–Trinajstić information content (AvgIpc) is 2.65. The van der Waals surface area contributed by atoms with E-state index < -0.39 is 0 Å². The Labute approximate surface area is 157 Å². The lowest BCUT2D eigenvalue weighted by Gasteiger charge is -2.17. The number of nitrogens with one attached hydrogen (secondary N) is 1. The fourth-order valence-corrected chi connectivity index (χ4v) is 2.67. The Balaban J connectivity index is 1.68. The molecule has 2 aromatic carbocycles. The molecule has 0 saturated carbocycles. The summed E-state index contributed by atoms with van der Waals surface area (Å²) in [6.07, 6.45) is 3.02. The van der Waals surface area contributed by atoms with Gasteiger partial charge < -0.3 is 10.2 Å². The van der Waals surface area contributed by atoms with Crippen molar-refractivity contribution < 1.29 is 4.79 Å². The van der Waals surface area contributed by atoms with Crippen LogP contribution in [-0.4, -0.2) is 27.8 Å². The van der Waals surface area contributed by atoms with Crippen LogP contribution < -0.4 is 5.32 Å². The molecular formula is C20H19ClN4O. The number of carbonyl (C=O) groups is 1. The van der Waals surface area contributed by atoms with E-state index in [1.165, 1.54) is 6.20 Å². The van der Waals surface area contributed by atoms with Crippen LogP contribution in [0.2, 0.25) is 5.02 Å². The quantitative estimate of drug-likeness (QED) is 0.724. The lowest BCUT2D eigenvalue weighted by atomic mass is 10.2. The number of amides is 1. The molecule has 0 radical (unpaired) electrons. The summed E-state index contributed by atoms with van der Waals surface area (Å²) in [4.78, 5) is 22.7. The Morgan fingerprint density at radius 3 is 2.58 bits per heavy atom. The number of hydrogen-bond acceptors (Lipinski definition) is 4. The zero-order chi connectivity index (χ0) is 18.5. The Kier molecular flexibility index (Phi) is 5.49. The second-order valence-electron chi connectivity index (χ2n) is 6.02. The van der Waals surface area contributed by atoms with Crippen molar-refractivity contribution in [2.45, 2.75) is 13.5 Å². The summed E-state index contributed by atoms with van der Waals surface area (Å²) in [7, 11) is 1.75. The van der Waals surface area contributed by atoms with Crippen LogP contribution in [0.1, 0.15) is 21.6 Å². The van der Waals surface area contributed by atoms with E-state index in [0.717, 1.165) is 16.8 Å². The molecule has 1 N–H and O–H groups in total. The Bertz CT molecular complexity index is 897. The number of carbonyl (C=O) groups excluding carboxylic acids is 1. The van der Waals surface area contributed by atoms with E-state index in [1.807, 2.05) is 55.5 Å². The second-order valence-corrected chi connectivity index (χ2v) is 6.45. The Hall–Kier alpha value is -2.92. The monoisotopic (exact) mass is 366 g/mol. The van der Waals surface area contributed by atoms with Gasteiger partial charge in [-0.2, -0.15) is 0 Å². The van der Waals surface area contributed by atoms with Crippen LogP contribution in [0.15, 0.2) is 60.9 Å². The number of benzene rings is 2. The van der Waals surface area contributed by atoms with Gasteiger partial charge in [0.15, 0.2) is 0 Å². The third kappa shape index (κ3) is 4.37. The van der Waals surface area contributed by atoms with E-state index in [2.05, 4.69) is 15.3 Å². The summed E-state index contributed by atoms with van der Waals surface area (Å²) in [6.45, 7) is 2.49. The van der Waals surface area contributed by atoms with Crippen LogP contribution in [-0.2, 0) is 6.54 Å². The maximum absolute atomic E-state index is 12.5. The number of halogens is 1. The number of nitrogens with zero attached hydrogens (tertiary/aromatic N) is 3. The van der Waals surface area contributed by atoms with E-state index >= 15 is 0 Å². The molecule has 0 fully saturated rings. The molecule has 3 rings (SSSR count). The van der Waals surface area contributed by atoms with Crippen molar-refractivity contribution in [2.75, 3.05) is 12.4 Å². The van der Waals surface area contributed by atoms with E-state index in [9.17, 15) is 4.79 Å². The number of aryl methyl sites for hydroxylation is 1. The summed E-state index contributed by atoms with van der Waals surface area (Å²) in [5.41, 5.74) is 3.26. The zero-order valence-electron chi connectivity index (χ0n) is 14.6. The van der Waals surface area contributed by atoms with Gasteiger partial charge in [-0.25, -0.2) is 9.97 Å². The van der Waals surface area contributed by atoms with Crippen molar-refractivity contribution in [1.82, 2.24) is 14.9 Å². The highest BCUT2D eigenvalue weighted by molar-refractivity contribution is 6.30. The molecule has 0 saturated heterocycles. The first-order valence-electron chi connectivity index (χ1n) is 8.17. The highest BCUT2D eigenvalue weighted by atomic mass is 35.5. The first-order chi connectivity index (χ1) is 12.5. The molecule has 0 aliphatic carbocycles. The van der Waals surface area contributed by atoms with Crippen molar-refractivity contribution >= 4 is 29.0 Å². The topological polar surface area (TPSA) is 58.1 Å². The van der Waals surface area contributed by atoms with Crippen LogP contribution >= 0.6 is 11.6 Å². The minimum absolute atomic E-state index is 0.174. The van der Waals surface area contributed by atoms with Crippen molar-refractivity contribution in [3.05, 3.63) is 82.8 Å². The molecule has 0 bridgehead atoms. The minimum Gasteiger partial charge on any atom is -0.339 e. The van der Waals surface area contributed by atoms with Gasteiger partial charge in [0, 0.05) is 24.3 Å². The van der Waals surface area contributed by atoms with Crippen LogP contribution in [0.25, 0.3) is 0 Å². The normalized spacial score (nSPS) is 10.4. The molecule has 0 atom stereocenters. The fraction of sp³-hybridized carbons (Fsp3) is 0.150. The van der Waals surface area contributed by atoms with Crippen LogP contribution in [0.5, 0.6) is 0 Å². The highest BCUT2D eigenvalue weighted by Gasteiger charge is 2.14. The predicted octanol–water partition coefficient (Wildman–Crippen LogP) is 4.45. The minimum atomic E-state index is -0.174. The molecule has 0 aliphatic heterocycles. The van der Waals surface area contributed by atoms with Crippen LogP contribution in [0, 0.1) is 6.92 Å². The Morgan fingerprint density at radius 1 is 1.12 bits per heavy atom. The molecule has 1 heterocycles. The maximum Gasteiger partial charge on any atom is 0.274 e. The molecule has 1 aromatic heterocycles. The highest BCUT2D eigenvalue weighted by Crippen LogP contribution is 2.23. The smallest absolute Gasteiger partial charge is 0.274 e. The lowest BCUT2D eigenvalue weighted by molar-refractivity contribution is 0.0779. The molecular weight excluding hydrogens is 348 g/mol. The summed E-state index contributed by atoms with van der Waals surface area (Å²) in [6, 6.07) is 15.4. The summed E-state index contributed by atoms with van der Waals surface area (Å²) in [5.74, 6) is 0.379.